The Bertz CT molecular complexity index is 921. The minimum atomic E-state index is -4.79. The monoisotopic (exact) mass is 364 g/mol. The average Bonchev–Trinajstić information content (AvgIpc) is 2.99. The van der Waals surface area contributed by atoms with Crippen molar-refractivity contribution in [3.8, 4) is 5.75 Å². The highest BCUT2D eigenvalue weighted by molar-refractivity contribution is 5.93. The zero-order valence-electron chi connectivity index (χ0n) is 13.4. The number of nitrogens with zero attached hydrogens (tertiary/aromatic N) is 4. The van der Waals surface area contributed by atoms with Gasteiger partial charge in [-0.3, -0.25) is 9.39 Å². The minimum Gasteiger partial charge on any atom is -0.404 e. The van der Waals surface area contributed by atoms with Gasteiger partial charge in [-0.05, 0) is 24.3 Å². The number of anilines is 1. The van der Waals surface area contributed by atoms with E-state index >= 15 is 0 Å². The molecule has 0 amide bonds. The molecule has 3 N–H and O–H groups in total. The van der Waals surface area contributed by atoms with Gasteiger partial charge in [0.25, 0.3) is 0 Å². The van der Waals surface area contributed by atoms with Crippen LogP contribution in [0.4, 0.5) is 18.9 Å². The number of nitrogens with two attached hydrogens (primary N) is 1. The van der Waals surface area contributed by atoms with Gasteiger partial charge in [-0.2, -0.15) is 0 Å². The van der Waals surface area contributed by atoms with E-state index in [1.165, 1.54) is 18.2 Å². The average molecular weight is 364 g/mol. The zero-order chi connectivity index (χ0) is 18.6. The molecule has 0 aliphatic carbocycles. The molecule has 136 valence electrons. The maximum Gasteiger partial charge on any atom is 0.573 e. The summed E-state index contributed by atoms with van der Waals surface area (Å²) in [5.74, 6) is 0.289. The van der Waals surface area contributed by atoms with E-state index in [1.54, 1.807) is 6.07 Å². The first-order chi connectivity index (χ1) is 12.4. The molecule has 2 aromatic heterocycles. The molecule has 0 spiro atoms. The third-order valence-electron chi connectivity index (χ3n) is 3.38. The molecule has 1 aromatic carbocycles. The molecule has 0 aliphatic rings. The van der Waals surface area contributed by atoms with Crippen LogP contribution >= 0.6 is 0 Å². The van der Waals surface area contributed by atoms with E-state index in [0.29, 0.717) is 12.2 Å². The summed E-state index contributed by atoms with van der Waals surface area (Å²) >= 11 is 0. The third-order valence-corrected chi connectivity index (χ3v) is 3.38. The van der Waals surface area contributed by atoms with Crippen molar-refractivity contribution in [2.75, 3.05) is 11.9 Å². The van der Waals surface area contributed by atoms with Crippen LogP contribution in [0.3, 0.4) is 0 Å². The van der Waals surface area contributed by atoms with Crippen LogP contribution in [-0.4, -0.2) is 33.5 Å². The number of fused-ring (bicyclic) bond motifs is 1. The first-order valence-electron chi connectivity index (χ1n) is 7.63. The van der Waals surface area contributed by atoms with Crippen LogP contribution in [0.2, 0.25) is 0 Å². The highest BCUT2D eigenvalue weighted by Gasteiger charge is 2.32. The Labute approximate surface area is 146 Å². The predicted molar refractivity (Wildman–Crippen MR) is 89.9 cm³/mol. The first kappa shape index (κ1) is 17.5. The number of aromatic nitrogens is 3. The number of halogens is 3. The molecule has 26 heavy (non-hydrogen) atoms. The number of rotatable bonds is 5. The van der Waals surface area contributed by atoms with Crippen molar-refractivity contribution >= 4 is 17.3 Å². The summed E-state index contributed by atoms with van der Waals surface area (Å²) in [5.41, 5.74) is 6.54. The Morgan fingerprint density at radius 2 is 1.92 bits per heavy atom. The topological polar surface area (TPSA) is 89.8 Å². The predicted octanol–water partition coefficient (Wildman–Crippen LogP) is 2.60. The molecule has 0 aliphatic heterocycles. The Hall–Kier alpha value is -3.30. The molecule has 0 unspecified atom stereocenters. The number of benzene rings is 1. The lowest BCUT2D eigenvalue weighted by Crippen LogP contribution is -2.25. The number of hydrogen-bond acceptors (Lipinski definition) is 4. The standard InChI is InChI=1S/C16H15F3N6O/c17-16(18,19)26-12-6-2-1-5-11(12)22-15(20)21-9-8-14-24-23-13-7-3-4-10-25(13)14/h1-7,10H,8-9H2,(H3,20,21,22). The van der Waals surface area contributed by atoms with Crippen LogP contribution in [0.5, 0.6) is 5.75 Å². The molecule has 10 heteroatoms. The van der Waals surface area contributed by atoms with Gasteiger partial charge in [-0.15, -0.1) is 23.4 Å². The second kappa shape index (κ2) is 7.30. The van der Waals surface area contributed by atoms with Gasteiger partial charge in [-0.1, -0.05) is 18.2 Å². The largest absolute Gasteiger partial charge is 0.573 e. The molecule has 0 atom stereocenters. The van der Waals surface area contributed by atoms with Gasteiger partial charge >= 0.3 is 6.36 Å². The zero-order valence-corrected chi connectivity index (χ0v) is 13.4. The molecular formula is C16H15F3N6O. The summed E-state index contributed by atoms with van der Waals surface area (Å²) < 4.78 is 43.0. The summed E-state index contributed by atoms with van der Waals surface area (Å²) in [6.45, 7) is 0.289. The van der Waals surface area contributed by atoms with Gasteiger partial charge in [0.05, 0.1) is 5.69 Å². The van der Waals surface area contributed by atoms with Crippen molar-refractivity contribution in [3.63, 3.8) is 0 Å². The number of pyridine rings is 1. The number of aliphatic imine (C=N–C) groups is 1. The number of nitrogens with one attached hydrogen (secondary N) is 1. The molecule has 0 radical (unpaired) electrons. The Kier molecular flexibility index (Phi) is 4.92. The molecule has 2 heterocycles. The van der Waals surface area contributed by atoms with Crippen LogP contribution in [0.15, 0.2) is 53.7 Å². The molecular weight excluding hydrogens is 349 g/mol. The van der Waals surface area contributed by atoms with Gasteiger partial charge in [0.2, 0.25) is 0 Å². The van der Waals surface area contributed by atoms with E-state index in [9.17, 15) is 13.2 Å². The smallest absolute Gasteiger partial charge is 0.404 e. The van der Waals surface area contributed by atoms with E-state index in [1.807, 2.05) is 28.8 Å². The van der Waals surface area contributed by atoms with Gasteiger partial charge in [0, 0.05) is 19.2 Å². The molecule has 0 bridgehead atoms. The van der Waals surface area contributed by atoms with E-state index in [2.05, 4.69) is 25.2 Å². The Balaban J connectivity index is 1.64. The van der Waals surface area contributed by atoms with Crippen molar-refractivity contribution < 1.29 is 17.9 Å². The lowest BCUT2D eigenvalue weighted by molar-refractivity contribution is -0.274. The van der Waals surface area contributed by atoms with Crippen LogP contribution in [0.25, 0.3) is 5.65 Å². The fraction of sp³-hybridized carbons (Fsp3) is 0.188. The second-order valence-corrected chi connectivity index (χ2v) is 5.23. The Morgan fingerprint density at radius 3 is 2.73 bits per heavy atom. The SMILES string of the molecule is NC(=NCCc1nnc2ccccn12)Nc1ccccc1OC(F)(F)F. The first-order valence-corrected chi connectivity index (χ1v) is 7.63. The molecule has 0 fully saturated rings. The van der Waals surface area contributed by atoms with Crippen molar-refractivity contribution in [1.29, 1.82) is 0 Å². The van der Waals surface area contributed by atoms with Crippen LogP contribution in [0, 0.1) is 0 Å². The second-order valence-electron chi connectivity index (χ2n) is 5.23. The maximum atomic E-state index is 12.4. The summed E-state index contributed by atoms with van der Waals surface area (Å²) in [4.78, 5) is 4.10. The summed E-state index contributed by atoms with van der Waals surface area (Å²) in [5, 5.41) is 10.7. The fourth-order valence-electron chi connectivity index (χ4n) is 2.30. The van der Waals surface area contributed by atoms with E-state index in [0.717, 1.165) is 5.65 Å². The lowest BCUT2D eigenvalue weighted by atomic mass is 10.3. The number of guanidine groups is 1. The van der Waals surface area contributed by atoms with Crippen molar-refractivity contribution in [2.45, 2.75) is 12.8 Å². The highest BCUT2D eigenvalue weighted by atomic mass is 19.4. The van der Waals surface area contributed by atoms with E-state index in [4.69, 9.17) is 5.73 Å². The molecule has 3 aromatic rings. The van der Waals surface area contributed by atoms with Crippen LogP contribution in [-0.2, 0) is 6.42 Å². The van der Waals surface area contributed by atoms with Crippen LogP contribution < -0.4 is 15.8 Å². The summed E-state index contributed by atoms with van der Waals surface area (Å²) in [6.07, 6.45) is -2.49. The highest BCUT2D eigenvalue weighted by Crippen LogP contribution is 2.29. The third kappa shape index (κ3) is 4.41. The number of hydrogen-bond donors (Lipinski definition) is 2. The van der Waals surface area contributed by atoms with Gasteiger partial charge in [0.1, 0.15) is 5.82 Å². The van der Waals surface area contributed by atoms with Crippen molar-refractivity contribution in [2.24, 2.45) is 10.7 Å². The fourth-order valence-corrected chi connectivity index (χ4v) is 2.30. The van der Waals surface area contributed by atoms with E-state index in [-0.39, 0.29) is 23.9 Å². The molecule has 3 rings (SSSR count). The number of alkyl halides is 3. The van der Waals surface area contributed by atoms with Crippen molar-refractivity contribution in [3.05, 3.63) is 54.5 Å². The van der Waals surface area contributed by atoms with Crippen LogP contribution in [0.1, 0.15) is 5.82 Å². The molecule has 0 saturated heterocycles. The minimum absolute atomic E-state index is 0.0305. The Morgan fingerprint density at radius 1 is 1.15 bits per heavy atom. The normalized spacial score (nSPS) is 12.3. The van der Waals surface area contributed by atoms with Gasteiger partial charge in [-0.25, -0.2) is 0 Å². The van der Waals surface area contributed by atoms with E-state index < -0.39 is 6.36 Å². The lowest BCUT2D eigenvalue weighted by Gasteiger charge is -2.14. The number of ether oxygens (including phenoxy) is 1. The maximum absolute atomic E-state index is 12.4. The summed E-state index contributed by atoms with van der Waals surface area (Å²) in [7, 11) is 0. The number of para-hydroxylation sites is 2. The molecule has 0 saturated carbocycles. The van der Waals surface area contributed by atoms with Gasteiger partial charge < -0.3 is 15.8 Å². The molecule has 7 nitrogen and oxygen atoms in total. The van der Waals surface area contributed by atoms with Gasteiger partial charge in [0.15, 0.2) is 17.4 Å². The quantitative estimate of drug-likeness (QED) is 0.537. The van der Waals surface area contributed by atoms with Crippen molar-refractivity contribution in [1.82, 2.24) is 14.6 Å². The summed E-state index contributed by atoms with van der Waals surface area (Å²) in [6, 6.07) is 11.1.